The first kappa shape index (κ1) is 17.9. The summed E-state index contributed by atoms with van der Waals surface area (Å²) in [5, 5.41) is 8.82. The summed E-state index contributed by atoms with van der Waals surface area (Å²) in [5.74, 6) is 0.0833. The Morgan fingerprint density at radius 3 is 2.46 bits per heavy atom. The molecule has 24 heavy (non-hydrogen) atoms. The molecule has 2 N–H and O–H groups in total. The van der Waals surface area contributed by atoms with Gasteiger partial charge in [0.05, 0.1) is 10.6 Å². The van der Waals surface area contributed by atoms with Crippen molar-refractivity contribution >= 4 is 34.6 Å². The van der Waals surface area contributed by atoms with Gasteiger partial charge < -0.3 is 5.32 Å². The van der Waals surface area contributed by atoms with Crippen LogP contribution in [0.15, 0.2) is 46.9 Å². The van der Waals surface area contributed by atoms with Gasteiger partial charge in [-0.1, -0.05) is 32.0 Å². The van der Waals surface area contributed by atoms with E-state index >= 15 is 0 Å². The average Bonchev–Trinajstić information content (AvgIpc) is 3.07. The molecule has 0 fully saturated rings. The first-order valence-electron chi connectivity index (χ1n) is 7.74. The second-order valence-corrected chi connectivity index (χ2v) is 6.79. The Morgan fingerprint density at radius 2 is 1.88 bits per heavy atom. The predicted molar refractivity (Wildman–Crippen MR) is 98.5 cm³/mol. The molecule has 2 rings (SSSR count). The third-order valence-electron chi connectivity index (χ3n) is 3.25. The molecule has 0 aliphatic rings. The minimum absolute atomic E-state index is 0.0934. The Balaban J connectivity index is 1.95. The minimum atomic E-state index is -0.121. The van der Waals surface area contributed by atoms with Gasteiger partial charge in [-0.15, -0.1) is 11.3 Å². The number of benzene rings is 1. The largest absolute Gasteiger partial charge is 0.321 e. The Morgan fingerprint density at radius 1 is 1.17 bits per heavy atom. The summed E-state index contributed by atoms with van der Waals surface area (Å²) < 4.78 is 0. The van der Waals surface area contributed by atoms with E-state index < -0.39 is 0 Å². The topological polar surface area (TPSA) is 70.6 Å². The fraction of sp³-hybridized carbons (Fsp3) is 0.278. The lowest BCUT2D eigenvalue weighted by Crippen LogP contribution is -2.20. The summed E-state index contributed by atoms with van der Waals surface area (Å²) in [7, 11) is 0. The molecular weight excluding hydrogens is 322 g/mol. The number of thiophene rings is 1. The molecule has 0 spiro atoms. The zero-order valence-corrected chi connectivity index (χ0v) is 14.8. The van der Waals surface area contributed by atoms with E-state index in [0.717, 1.165) is 5.56 Å². The monoisotopic (exact) mass is 343 g/mol. The van der Waals surface area contributed by atoms with Crippen molar-refractivity contribution in [1.82, 2.24) is 5.43 Å². The fourth-order valence-electron chi connectivity index (χ4n) is 2.02. The van der Waals surface area contributed by atoms with Crippen molar-refractivity contribution in [3.05, 3.63) is 52.2 Å². The summed E-state index contributed by atoms with van der Waals surface area (Å²) >= 11 is 1.40. The Bertz CT molecular complexity index is 719. The predicted octanol–water partition coefficient (Wildman–Crippen LogP) is 3.89. The van der Waals surface area contributed by atoms with Gasteiger partial charge in [0.15, 0.2) is 0 Å². The maximum Gasteiger partial charge on any atom is 0.265 e. The number of hydrogen-bond acceptors (Lipinski definition) is 4. The highest BCUT2D eigenvalue weighted by molar-refractivity contribution is 7.12. The smallest absolute Gasteiger partial charge is 0.265 e. The molecule has 5 nitrogen and oxygen atoms in total. The van der Waals surface area contributed by atoms with Crippen LogP contribution in [0.4, 0.5) is 5.69 Å². The van der Waals surface area contributed by atoms with Crippen LogP contribution in [0.2, 0.25) is 0 Å². The van der Waals surface area contributed by atoms with Gasteiger partial charge in [0.2, 0.25) is 5.91 Å². The zero-order valence-electron chi connectivity index (χ0n) is 14.0. The van der Waals surface area contributed by atoms with Gasteiger partial charge in [-0.05, 0) is 42.0 Å². The number of hydrazone groups is 1. The molecule has 1 aromatic carbocycles. The van der Waals surface area contributed by atoms with E-state index in [1.165, 1.54) is 11.3 Å². The number of anilines is 1. The molecule has 0 bridgehead atoms. The van der Waals surface area contributed by atoms with Gasteiger partial charge in [-0.2, -0.15) is 5.10 Å². The molecule has 2 aromatic rings. The molecule has 2 amide bonds. The Labute approximate surface area is 145 Å². The number of carbonyl (C=O) groups excluding carboxylic acids is 2. The van der Waals surface area contributed by atoms with E-state index in [1.807, 2.05) is 56.5 Å². The lowest BCUT2D eigenvalue weighted by atomic mass is 10.1. The van der Waals surface area contributed by atoms with Crippen molar-refractivity contribution in [2.75, 3.05) is 5.32 Å². The first-order chi connectivity index (χ1) is 11.5. The van der Waals surface area contributed by atoms with Crippen molar-refractivity contribution in [2.45, 2.75) is 27.2 Å². The van der Waals surface area contributed by atoms with Crippen LogP contribution in [-0.2, 0) is 4.79 Å². The van der Waals surface area contributed by atoms with E-state index in [0.29, 0.717) is 28.6 Å². The molecule has 0 unspecified atom stereocenters. The Kier molecular flexibility index (Phi) is 6.26. The van der Waals surface area contributed by atoms with E-state index in [1.54, 1.807) is 6.07 Å². The molecule has 0 saturated heterocycles. The van der Waals surface area contributed by atoms with Crippen LogP contribution in [0, 0.1) is 5.92 Å². The molecule has 0 atom stereocenters. The first-order valence-corrected chi connectivity index (χ1v) is 8.62. The lowest BCUT2D eigenvalue weighted by Gasteiger charge is -2.07. The van der Waals surface area contributed by atoms with E-state index in [-0.39, 0.29) is 11.8 Å². The molecule has 126 valence electrons. The SMILES string of the molecule is C/C(=N\NC(=O)CC(C)C)c1ccc(NC(=O)c2cccs2)cc1. The summed E-state index contributed by atoms with van der Waals surface area (Å²) in [5.41, 5.74) is 4.87. The summed E-state index contributed by atoms with van der Waals surface area (Å²) in [6.07, 6.45) is 0.449. The van der Waals surface area contributed by atoms with Crippen LogP contribution in [0.5, 0.6) is 0 Å². The van der Waals surface area contributed by atoms with Gasteiger partial charge in [0, 0.05) is 12.1 Å². The van der Waals surface area contributed by atoms with Crippen molar-refractivity contribution in [2.24, 2.45) is 11.0 Å². The number of nitrogens with zero attached hydrogens (tertiary/aromatic N) is 1. The van der Waals surface area contributed by atoms with Crippen molar-refractivity contribution in [3.8, 4) is 0 Å². The normalized spacial score (nSPS) is 11.4. The van der Waals surface area contributed by atoms with Crippen molar-refractivity contribution < 1.29 is 9.59 Å². The van der Waals surface area contributed by atoms with Gasteiger partial charge in [0.25, 0.3) is 5.91 Å². The molecule has 0 saturated carbocycles. The van der Waals surface area contributed by atoms with E-state index in [2.05, 4.69) is 15.8 Å². The number of nitrogens with one attached hydrogen (secondary N) is 2. The number of rotatable bonds is 6. The van der Waals surface area contributed by atoms with Gasteiger partial charge in [0.1, 0.15) is 0 Å². The fourth-order valence-corrected chi connectivity index (χ4v) is 2.64. The van der Waals surface area contributed by atoms with Crippen LogP contribution in [-0.4, -0.2) is 17.5 Å². The highest BCUT2D eigenvalue weighted by Crippen LogP contribution is 2.14. The summed E-state index contributed by atoms with van der Waals surface area (Å²) in [4.78, 5) is 24.3. The standard InChI is InChI=1S/C18H21N3O2S/c1-12(2)11-17(22)21-20-13(3)14-6-8-15(9-7-14)19-18(23)16-5-4-10-24-16/h4-10,12H,11H2,1-3H3,(H,19,23)(H,21,22)/b20-13+. The van der Waals surface area contributed by atoms with Crippen LogP contribution < -0.4 is 10.7 Å². The van der Waals surface area contributed by atoms with Crippen LogP contribution in [0.25, 0.3) is 0 Å². The third-order valence-corrected chi connectivity index (χ3v) is 4.12. The number of hydrogen-bond donors (Lipinski definition) is 2. The number of amides is 2. The van der Waals surface area contributed by atoms with E-state index in [9.17, 15) is 9.59 Å². The van der Waals surface area contributed by atoms with Crippen LogP contribution >= 0.6 is 11.3 Å². The average molecular weight is 343 g/mol. The van der Waals surface area contributed by atoms with Crippen LogP contribution in [0.1, 0.15) is 42.4 Å². The second-order valence-electron chi connectivity index (χ2n) is 5.84. The van der Waals surface area contributed by atoms with E-state index in [4.69, 9.17) is 0 Å². The molecular formula is C18H21N3O2S. The quantitative estimate of drug-likeness (QED) is 0.617. The van der Waals surface area contributed by atoms with Gasteiger partial charge in [-0.25, -0.2) is 5.43 Å². The highest BCUT2D eigenvalue weighted by Gasteiger charge is 2.07. The summed E-state index contributed by atoms with van der Waals surface area (Å²) in [6.45, 7) is 5.80. The Hall–Kier alpha value is -2.47. The van der Waals surface area contributed by atoms with Crippen molar-refractivity contribution in [1.29, 1.82) is 0 Å². The minimum Gasteiger partial charge on any atom is -0.321 e. The molecule has 0 radical (unpaired) electrons. The summed E-state index contributed by atoms with van der Waals surface area (Å²) in [6, 6.07) is 11.0. The zero-order chi connectivity index (χ0) is 17.5. The molecule has 0 aliphatic heterocycles. The van der Waals surface area contributed by atoms with Crippen LogP contribution in [0.3, 0.4) is 0 Å². The van der Waals surface area contributed by atoms with Gasteiger partial charge in [-0.3, -0.25) is 9.59 Å². The molecule has 6 heteroatoms. The molecule has 0 aliphatic carbocycles. The second kappa shape index (κ2) is 8.40. The maximum absolute atomic E-state index is 12.0. The van der Waals surface area contributed by atoms with Gasteiger partial charge >= 0.3 is 0 Å². The number of carbonyl (C=O) groups is 2. The highest BCUT2D eigenvalue weighted by atomic mass is 32.1. The third kappa shape index (κ3) is 5.31. The lowest BCUT2D eigenvalue weighted by molar-refractivity contribution is -0.121. The maximum atomic E-state index is 12.0. The molecule has 1 aromatic heterocycles. The van der Waals surface area contributed by atoms with Crippen molar-refractivity contribution in [3.63, 3.8) is 0 Å². The molecule has 1 heterocycles.